The number of benzene rings is 2. The minimum atomic E-state index is -0.331. The quantitative estimate of drug-likeness (QED) is 0.678. The molecule has 0 fully saturated rings. The molecule has 2 aromatic rings. The summed E-state index contributed by atoms with van der Waals surface area (Å²) in [5.41, 5.74) is 3.98. The van der Waals surface area contributed by atoms with Gasteiger partial charge in [0.2, 0.25) is 5.91 Å². The fourth-order valence-corrected chi connectivity index (χ4v) is 3.95. The SMILES string of the molecule is CC[C@@H](NC(=O)CSCc1c(F)cccc1Cl)c1ccc(C)cc1C. The van der Waals surface area contributed by atoms with Gasteiger partial charge in [0.05, 0.1) is 11.8 Å². The van der Waals surface area contributed by atoms with Crippen molar-refractivity contribution in [3.63, 3.8) is 0 Å². The number of carbonyl (C=O) groups is 1. The van der Waals surface area contributed by atoms with Crippen LogP contribution in [0.1, 0.15) is 41.6 Å². The highest BCUT2D eigenvalue weighted by atomic mass is 35.5. The zero-order chi connectivity index (χ0) is 18.4. The van der Waals surface area contributed by atoms with Crippen molar-refractivity contribution >= 4 is 29.3 Å². The maximum Gasteiger partial charge on any atom is 0.230 e. The number of amides is 1. The molecule has 2 aromatic carbocycles. The van der Waals surface area contributed by atoms with Crippen LogP contribution in [0.15, 0.2) is 36.4 Å². The summed E-state index contributed by atoms with van der Waals surface area (Å²) in [6, 6.07) is 10.9. The zero-order valence-electron chi connectivity index (χ0n) is 14.7. The molecule has 0 spiro atoms. The summed E-state index contributed by atoms with van der Waals surface area (Å²) in [5, 5.41) is 3.47. The third-order valence-corrected chi connectivity index (χ3v) is 5.40. The highest BCUT2D eigenvalue weighted by molar-refractivity contribution is 7.99. The standard InChI is InChI=1S/C20H23ClFNOS/c1-4-19(15-9-8-13(2)10-14(15)3)23-20(24)12-25-11-16-17(21)6-5-7-18(16)22/h5-10,19H,4,11-12H2,1-3H3,(H,23,24)/t19-/m1/s1. The lowest BCUT2D eigenvalue weighted by Gasteiger charge is -2.20. The lowest BCUT2D eigenvalue weighted by molar-refractivity contribution is -0.119. The predicted octanol–water partition coefficient (Wildman–Crippen LogP) is 5.60. The molecule has 134 valence electrons. The topological polar surface area (TPSA) is 29.1 Å². The van der Waals surface area contributed by atoms with Crippen molar-refractivity contribution < 1.29 is 9.18 Å². The van der Waals surface area contributed by atoms with E-state index in [4.69, 9.17) is 11.6 Å². The van der Waals surface area contributed by atoms with E-state index in [-0.39, 0.29) is 23.5 Å². The molecule has 0 aromatic heterocycles. The number of hydrogen-bond acceptors (Lipinski definition) is 2. The molecule has 1 amide bonds. The van der Waals surface area contributed by atoms with Crippen LogP contribution >= 0.6 is 23.4 Å². The maximum atomic E-state index is 13.7. The summed E-state index contributed by atoms with van der Waals surface area (Å²) in [4.78, 5) is 12.3. The van der Waals surface area contributed by atoms with Crippen LogP contribution in [0.5, 0.6) is 0 Å². The van der Waals surface area contributed by atoms with Crippen LogP contribution in [0.2, 0.25) is 5.02 Å². The number of rotatable bonds is 7. The van der Waals surface area contributed by atoms with E-state index in [1.54, 1.807) is 12.1 Å². The second-order valence-corrected chi connectivity index (χ2v) is 7.47. The summed E-state index contributed by atoms with van der Waals surface area (Å²) in [6.45, 7) is 6.17. The maximum absolute atomic E-state index is 13.7. The molecular weight excluding hydrogens is 357 g/mol. The summed E-state index contributed by atoms with van der Waals surface area (Å²) < 4.78 is 13.7. The van der Waals surface area contributed by atoms with Gasteiger partial charge in [0.15, 0.2) is 0 Å². The molecule has 25 heavy (non-hydrogen) atoms. The van der Waals surface area contributed by atoms with Crippen molar-refractivity contribution in [2.75, 3.05) is 5.75 Å². The van der Waals surface area contributed by atoms with Crippen molar-refractivity contribution in [3.05, 3.63) is 69.5 Å². The van der Waals surface area contributed by atoms with Crippen molar-refractivity contribution in [1.29, 1.82) is 0 Å². The van der Waals surface area contributed by atoms with Gasteiger partial charge in [-0.2, -0.15) is 0 Å². The molecule has 0 unspecified atom stereocenters. The number of carbonyl (C=O) groups excluding carboxylic acids is 1. The highest BCUT2D eigenvalue weighted by Gasteiger charge is 2.15. The van der Waals surface area contributed by atoms with Gasteiger partial charge in [-0.3, -0.25) is 4.79 Å². The van der Waals surface area contributed by atoms with E-state index in [1.807, 2.05) is 0 Å². The summed E-state index contributed by atoms with van der Waals surface area (Å²) >= 11 is 7.37. The lowest BCUT2D eigenvalue weighted by atomic mass is 9.97. The van der Waals surface area contributed by atoms with E-state index in [9.17, 15) is 9.18 Å². The Balaban J connectivity index is 1.92. The zero-order valence-corrected chi connectivity index (χ0v) is 16.3. The van der Waals surface area contributed by atoms with Gasteiger partial charge >= 0.3 is 0 Å². The van der Waals surface area contributed by atoms with Gasteiger partial charge < -0.3 is 5.32 Å². The molecule has 2 rings (SSSR count). The van der Waals surface area contributed by atoms with Crippen molar-refractivity contribution in [1.82, 2.24) is 5.32 Å². The minimum absolute atomic E-state index is 0.00857. The molecule has 0 saturated carbocycles. The minimum Gasteiger partial charge on any atom is -0.349 e. The normalized spacial score (nSPS) is 12.0. The first-order valence-corrected chi connectivity index (χ1v) is 9.82. The molecule has 0 heterocycles. The average molecular weight is 380 g/mol. The van der Waals surface area contributed by atoms with Crippen LogP contribution in [0.25, 0.3) is 0 Å². The van der Waals surface area contributed by atoms with Crippen LogP contribution in [0, 0.1) is 19.7 Å². The number of aryl methyl sites for hydroxylation is 2. The molecule has 5 heteroatoms. The Morgan fingerprint density at radius 3 is 2.68 bits per heavy atom. The fourth-order valence-electron chi connectivity index (χ4n) is 2.77. The number of halogens is 2. The molecule has 0 radical (unpaired) electrons. The predicted molar refractivity (Wildman–Crippen MR) is 105 cm³/mol. The molecule has 0 bridgehead atoms. The van der Waals surface area contributed by atoms with E-state index < -0.39 is 0 Å². The first-order valence-electron chi connectivity index (χ1n) is 8.29. The molecule has 0 saturated heterocycles. The first-order chi connectivity index (χ1) is 11.9. The van der Waals surface area contributed by atoms with Crippen LogP contribution in [0.3, 0.4) is 0 Å². The molecule has 0 aliphatic rings. The molecule has 2 nitrogen and oxygen atoms in total. The van der Waals surface area contributed by atoms with Gasteiger partial charge in [0, 0.05) is 16.3 Å². The van der Waals surface area contributed by atoms with Crippen LogP contribution in [-0.2, 0) is 10.5 Å². The van der Waals surface area contributed by atoms with Crippen LogP contribution in [0.4, 0.5) is 4.39 Å². The third-order valence-electron chi connectivity index (χ3n) is 4.09. The molecule has 0 aliphatic heterocycles. The van der Waals surface area contributed by atoms with E-state index in [2.05, 4.69) is 44.3 Å². The Labute approximate surface area is 158 Å². The average Bonchev–Trinajstić information content (AvgIpc) is 2.56. The fraction of sp³-hybridized carbons (Fsp3) is 0.350. The van der Waals surface area contributed by atoms with Gasteiger partial charge in [-0.15, -0.1) is 11.8 Å². The van der Waals surface area contributed by atoms with Crippen molar-refractivity contribution in [2.24, 2.45) is 0 Å². The third kappa shape index (κ3) is 5.48. The van der Waals surface area contributed by atoms with Crippen LogP contribution in [-0.4, -0.2) is 11.7 Å². The van der Waals surface area contributed by atoms with E-state index in [0.29, 0.717) is 16.3 Å². The second-order valence-electron chi connectivity index (χ2n) is 6.08. The Morgan fingerprint density at radius 1 is 1.28 bits per heavy atom. The molecule has 1 atom stereocenters. The Morgan fingerprint density at radius 2 is 2.04 bits per heavy atom. The van der Waals surface area contributed by atoms with E-state index in [0.717, 1.165) is 12.0 Å². The Hall–Kier alpha value is -1.52. The first kappa shape index (κ1) is 19.8. The monoisotopic (exact) mass is 379 g/mol. The van der Waals surface area contributed by atoms with Gasteiger partial charge in [-0.1, -0.05) is 48.4 Å². The summed E-state index contributed by atoms with van der Waals surface area (Å²) in [5.74, 6) is 0.261. The number of hydrogen-bond donors (Lipinski definition) is 1. The van der Waals surface area contributed by atoms with Crippen molar-refractivity contribution in [3.8, 4) is 0 Å². The smallest absolute Gasteiger partial charge is 0.230 e. The molecular formula is C20H23ClFNOS. The van der Waals surface area contributed by atoms with Gasteiger partial charge in [-0.25, -0.2) is 4.39 Å². The molecule has 0 aliphatic carbocycles. The van der Waals surface area contributed by atoms with Crippen LogP contribution < -0.4 is 5.32 Å². The lowest BCUT2D eigenvalue weighted by Crippen LogP contribution is -2.30. The van der Waals surface area contributed by atoms with Gasteiger partial charge in [0.25, 0.3) is 0 Å². The molecule has 1 N–H and O–H groups in total. The van der Waals surface area contributed by atoms with E-state index in [1.165, 1.54) is 29.0 Å². The second kappa shape index (κ2) is 9.25. The number of nitrogens with one attached hydrogen (secondary N) is 1. The van der Waals surface area contributed by atoms with Crippen molar-refractivity contribution in [2.45, 2.75) is 39.0 Å². The summed E-state index contributed by atoms with van der Waals surface area (Å²) in [7, 11) is 0. The van der Waals surface area contributed by atoms with E-state index >= 15 is 0 Å². The summed E-state index contributed by atoms with van der Waals surface area (Å²) in [6.07, 6.45) is 0.819. The number of thioether (sulfide) groups is 1. The Bertz CT molecular complexity index is 730. The van der Waals surface area contributed by atoms with Gasteiger partial charge in [-0.05, 0) is 43.5 Å². The Kier molecular flexibility index (Phi) is 7.33. The largest absolute Gasteiger partial charge is 0.349 e. The van der Waals surface area contributed by atoms with Gasteiger partial charge in [0.1, 0.15) is 5.82 Å². The highest BCUT2D eigenvalue weighted by Crippen LogP contribution is 2.25.